The molecular formula is C64H120O8. The molecular weight excluding hydrogens is 897 g/mol. The van der Waals surface area contributed by atoms with Gasteiger partial charge in [-0.15, -0.1) is 0 Å². The van der Waals surface area contributed by atoms with Gasteiger partial charge in [-0.3, -0.25) is 19.2 Å². The van der Waals surface area contributed by atoms with Gasteiger partial charge in [-0.2, -0.15) is 0 Å². The van der Waals surface area contributed by atoms with Gasteiger partial charge in [-0.1, -0.05) is 282 Å². The molecule has 0 aromatic carbocycles. The Morgan fingerprint density at radius 2 is 0.528 bits per heavy atom. The van der Waals surface area contributed by atoms with Crippen LogP contribution in [0.15, 0.2) is 12.2 Å². The van der Waals surface area contributed by atoms with Crippen LogP contribution in [0.4, 0.5) is 0 Å². The predicted molar refractivity (Wildman–Crippen MR) is 305 cm³/mol. The summed E-state index contributed by atoms with van der Waals surface area (Å²) >= 11 is 0. The highest BCUT2D eigenvalue weighted by atomic mass is 16.4. The maximum Gasteiger partial charge on any atom is 0.309 e. The molecule has 0 amide bonds. The largest absolute Gasteiger partial charge is 0.481 e. The Labute approximate surface area is 445 Å². The number of allylic oxidation sites excluding steroid dienone is 2. The number of aliphatic carboxylic acids is 4. The summed E-state index contributed by atoms with van der Waals surface area (Å²) in [4.78, 5) is 46.1. The maximum atomic E-state index is 13.8. The third-order valence-corrected chi connectivity index (χ3v) is 16.0. The molecule has 0 spiro atoms. The Bertz CT molecular complexity index is 1230. The van der Waals surface area contributed by atoms with Crippen molar-refractivity contribution in [2.45, 2.75) is 360 Å². The van der Waals surface area contributed by atoms with Gasteiger partial charge in [0.2, 0.25) is 0 Å². The van der Waals surface area contributed by atoms with E-state index in [1.807, 2.05) is 0 Å². The second kappa shape index (κ2) is 54.9. The van der Waals surface area contributed by atoms with Crippen molar-refractivity contribution in [1.29, 1.82) is 0 Å². The molecule has 0 aromatic heterocycles. The van der Waals surface area contributed by atoms with E-state index in [9.17, 15) is 24.3 Å². The first kappa shape index (κ1) is 69.6. The van der Waals surface area contributed by atoms with Gasteiger partial charge in [0.15, 0.2) is 0 Å². The molecule has 0 fully saturated rings. The molecule has 0 aliphatic rings. The number of unbranched alkanes of at least 4 members (excludes halogenated alkanes) is 43. The first-order valence-electron chi connectivity index (χ1n) is 31.7. The average molecular weight is 1020 g/mol. The fourth-order valence-electron chi connectivity index (χ4n) is 11.3. The van der Waals surface area contributed by atoms with E-state index in [1.54, 1.807) is 0 Å². The second-order valence-corrected chi connectivity index (χ2v) is 22.6. The number of hydrogen-bond donors (Lipinski definition) is 4. The summed E-state index contributed by atoms with van der Waals surface area (Å²) in [6.45, 7) is 2.28. The van der Waals surface area contributed by atoms with Crippen molar-refractivity contribution in [1.82, 2.24) is 0 Å². The molecule has 8 nitrogen and oxygen atoms in total. The van der Waals surface area contributed by atoms with Gasteiger partial charge in [-0.05, 0) is 76.5 Å². The average Bonchev–Trinajstić information content (AvgIpc) is 3.35. The van der Waals surface area contributed by atoms with Crippen LogP contribution in [0.5, 0.6) is 0 Å². The molecule has 424 valence electrons. The van der Waals surface area contributed by atoms with Crippen LogP contribution in [0.3, 0.4) is 0 Å². The highest BCUT2D eigenvalue weighted by molar-refractivity contribution is 5.75. The van der Waals surface area contributed by atoms with Crippen LogP contribution in [-0.2, 0) is 19.2 Å². The van der Waals surface area contributed by atoms with Gasteiger partial charge in [0.1, 0.15) is 0 Å². The zero-order valence-corrected chi connectivity index (χ0v) is 47.5. The van der Waals surface area contributed by atoms with E-state index >= 15 is 0 Å². The molecule has 0 saturated carbocycles. The third-order valence-electron chi connectivity index (χ3n) is 16.0. The lowest BCUT2D eigenvalue weighted by Gasteiger charge is -2.38. The minimum atomic E-state index is -0.693. The van der Waals surface area contributed by atoms with Crippen molar-refractivity contribution in [3.05, 3.63) is 12.2 Å². The van der Waals surface area contributed by atoms with E-state index in [1.165, 1.54) is 205 Å². The van der Waals surface area contributed by atoms with Gasteiger partial charge in [0, 0.05) is 19.3 Å². The minimum Gasteiger partial charge on any atom is -0.481 e. The van der Waals surface area contributed by atoms with Gasteiger partial charge in [-0.25, -0.2) is 0 Å². The van der Waals surface area contributed by atoms with E-state index < -0.39 is 29.3 Å². The van der Waals surface area contributed by atoms with Crippen LogP contribution in [0, 0.1) is 11.3 Å². The molecule has 0 bridgehead atoms. The second-order valence-electron chi connectivity index (χ2n) is 22.6. The fourth-order valence-corrected chi connectivity index (χ4v) is 11.3. The molecule has 0 aliphatic carbocycles. The first-order valence-corrected chi connectivity index (χ1v) is 31.7. The SMILES string of the molecule is CCCCCCCCC=CCCCCCC(CCCCCCCCCCCC(=O)O)C(CCCCCCCCCCCCCCCCCC(=O)O)(CCCCCCCCCCCCCCCC(=O)O)C(=O)O. The third kappa shape index (κ3) is 48.6. The molecule has 72 heavy (non-hydrogen) atoms. The van der Waals surface area contributed by atoms with Crippen LogP contribution >= 0.6 is 0 Å². The molecule has 4 N–H and O–H groups in total. The molecule has 8 heteroatoms. The van der Waals surface area contributed by atoms with Crippen molar-refractivity contribution >= 4 is 23.9 Å². The van der Waals surface area contributed by atoms with Gasteiger partial charge >= 0.3 is 23.9 Å². The van der Waals surface area contributed by atoms with Crippen molar-refractivity contribution < 1.29 is 39.6 Å². The summed E-state index contributed by atoms with van der Waals surface area (Å²) in [6.07, 6.45) is 66.4. The number of rotatable bonds is 61. The molecule has 2 unspecified atom stereocenters. The zero-order valence-electron chi connectivity index (χ0n) is 47.5. The summed E-state index contributed by atoms with van der Waals surface area (Å²) in [5.41, 5.74) is -0.626. The summed E-state index contributed by atoms with van der Waals surface area (Å²) in [6, 6.07) is 0. The van der Waals surface area contributed by atoms with Crippen LogP contribution in [0.1, 0.15) is 360 Å². The monoisotopic (exact) mass is 1020 g/mol. The number of hydrogen-bond acceptors (Lipinski definition) is 4. The lowest BCUT2D eigenvalue weighted by molar-refractivity contribution is -0.155. The standard InChI is InChI=1S/C64H120O8/c1-2-3-4-5-6-7-8-13-18-24-31-38-45-52-59(53-46-39-32-25-23-28-35-42-49-56-62(69)70)64(63(71)72,58-51-44-37-30-22-17-12-15-20-27-34-41-48-55-61(67)68)57-50-43-36-29-21-16-11-9-10-14-19-26-33-40-47-54-60(65)66/h13,18,59H,2-12,14-17,19-58H2,1H3,(H,65,66)(H,67,68)(H,69,70)(H,71,72). The van der Waals surface area contributed by atoms with Gasteiger partial charge in [0.25, 0.3) is 0 Å². The van der Waals surface area contributed by atoms with Crippen LogP contribution in [0.2, 0.25) is 0 Å². The van der Waals surface area contributed by atoms with Gasteiger partial charge in [0.05, 0.1) is 5.41 Å². The van der Waals surface area contributed by atoms with E-state index in [4.69, 9.17) is 15.3 Å². The van der Waals surface area contributed by atoms with Gasteiger partial charge < -0.3 is 20.4 Å². The topological polar surface area (TPSA) is 149 Å². The highest BCUT2D eigenvalue weighted by Gasteiger charge is 2.44. The molecule has 0 aromatic rings. The molecule has 0 aliphatic heterocycles. The Morgan fingerprint density at radius 3 is 0.792 bits per heavy atom. The Kier molecular flexibility index (Phi) is 53.1. The summed E-state index contributed by atoms with van der Waals surface area (Å²) in [5.74, 6) is -2.34. The maximum absolute atomic E-state index is 13.8. The molecule has 0 radical (unpaired) electrons. The number of carboxylic acid groups (broad SMARTS) is 4. The number of carboxylic acids is 4. The highest BCUT2D eigenvalue weighted by Crippen LogP contribution is 2.45. The quantitative estimate of drug-likeness (QED) is 0.0348. The predicted octanol–water partition coefficient (Wildman–Crippen LogP) is 21.0. The molecule has 2 atom stereocenters. The lowest BCUT2D eigenvalue weighted by atomic mass is 9.65. The van der Waals surface area contributed by atoms with E-state index in [0.29, 0.717) is 12.8 Å². The smallest absolute Gasteiger partial charge is 0.309 e. The lowest BCUT2D eigenvalue weighted by Crippen LogP contribution is -2.39. The van der Waals surface area contributed by atoms with Crippen LogP contribution in [-0.4, -0.2) is 44.3 Å². The Balaban J connectivity index is 5.30. The minimum absolute atomic E-state index is 0.238. The molecule has 0 heterocycles. The zero-order chi connectivity index (χ0) is 52.7. The molecule has 0 saturated heterocycles. The normalized spacial score (nSPS) is 13.0. The molecule has 0 rings (SSSR count). The summed E-state index contributed by atoms with van der Waals surface area (Å²) < 4.78 is 0. The van der Waals surface area contributed by atoms with E-state index in [-0.39, 0.29) is 12.3 Å². The van der Waals surface area contributed by atoms with Crippen molar-refractivity contribution in [3.8, 4) is 0 Å². The Hall–Kier alpha value is -2.38. The summed E-state index contributed by atoms with van der Waals surface area (Å²) in [7, 11) is 0. The summed E-state index contributed by atoms with van der Waals surface area (Å²) in [5, 5.41) is 37.9. The van der Waals surface area contributed by atoms with E-state index in [0.717, 1.165) is 128 Å². The van der Waals surface area contributed by atoms with Crippen molar-refractivity contribution in [3.63, 3.8) is 0 Å². The number of carbonyl (C=O) groups is 4. The van der Waals surface area contributed by atoms with Crippen LogP contribution < -0.4 is 0 Å². The fraction of sp³-hybridized carbons (Fsp3) is 0.906. The van der Waals surface area contributed by atoms with Crippen LogP contribution in [0.25, 0.3) is 0 Å². The van der Waals surface area contributed by atoms with Crippen molar-refractivity contribution in [2.75, 3.05) is 0 Å². The Morgan fingerprint density at radius 1 is 0.306 bits per heavy atom. The first-order chi connectivity index (χ1) is 35.2. The van der Waals surface area contributed by atoms with Crippen molar-refractivity contribution in [2.24, 2.45) is 11.3 Å². The van der Waals surface area contributed by atoms with E-state index in [2.05, 4.69) is 19.1 Å².